The Morgan fingerprint density at radius 2 is 1.90 bits per heavy atom. The summed E-state index contributed by atoms with van der Waals surface area (Å²) in [6, 6.07) is 7.32. The van der Waals surface area contributed by atoms with Gasteiger partial charge in [-0.2, -0.15) is 0 Å². The van der Waals surface area contributed by atoms with Crippen molar-refractivity contribution in [3.63, 3.8) is 0 Å². The van der Waals surface area contributed by atoms with E-state index in [1.807, 2.05) is 24.3 Å². The number of unbranched alkanes of at least 4 members (excludes halogenated alkanes) is 1. The van der Waals surface area contributed by atoms with Gasteiger partial charge in [0.15, 0.2) is 0 Å². The number of hydrogen-bond acceptors (Lipinski definition) is 3. The standard InChI is InChI=1S/C16H24ClNO3/c1-2-3-11-20-13-9-16(19)18-14-5-7-15(8-6-14)21-12-4-10-17/h5-8H,2-4,9-13H2,1H3,(H,18,19). The van der Waals surface area contributed by atoms with E-state index in [9.17, 15) is 4.79 Å². The summed E-state index contributed by atoms with van der Waals surface area (Å²) in [6.45, 7) is 3.90. The van der Waals surface area contributed by atoms with Crippen LogP contribution in [0.25, 0.3) is 0 Å². The van der Waals surface area contributed by atoms with Gasteiger partial charge in [-0.3, -0.25) is 4.79 Å². The number of anilines is 1. The molecule has 0 heterocycles. The Kier molecular flexibility index (Phi) is 9.66. The molecule has 0 unspecified atom stereocenters. The minimum atomic E-state index is -0.0395. The van der Waals surface area contributed by atoms with Crippen molar-refractivity contribution in [3.05, 3.63) is 24.3 Å². The SMILES string of the molecule is CCCCOCCC(=O)Nc1ccc(OCCCCl)cc1. The highest BCUT2D eigenvalue weighted by atomic mass is 35.5. The lowest BCUT2D eigenvalue weighted by Crippen LogP contribution is -2.14. The molecule has 1 N–H and O–H groups in total. The summed E-state index contributed by atoms with van der Waals surface area (Å²) in [6.07, 6.45) is 3.33. The van der Waals surface area contributed by atoms with Crippen LogP contribution >= 0.6 is 11.6 Å². The molecule has 1 aromatic carbocycles. The maximum Gasteiger partial charge on any atom is 0.226 e. The highest BCUT2D eigenvalue weighted by Gasteiger charge is 2.02. The van der Waals surface area contributed by atoms with Gasteiger partial charge in [0.05, 0.1) is 19.6 Å². The Bertz CT molecular complexity index is 395. The Morgan fingerprint density at radius 3 is 2.57 bits per heavy atom. The lowest BCUT2D eigenvalue weighted by Gasteiger charge is -2.08. The average molecular weight is 314 g/mol. The van der Waals surface area contributed by atoms with Crippen molar-refractivity contribution in [2.24, 2.45) is 0 Å². The van der Waals surface area contributed by atoms with E-state index in [0.717, 1.165) is 37.3 Å². The summed E-state index contributed by atoms with van der Waals surface area (Å²) in [5, 5.41) is 2.83. The van der Waals surface area contributed by atoms with Gasteiger partial charge in [0, 0.05) is 18.2 Å². The molecule has 0 fully saturated rings. The van der Waals surface area contributed by atoms with Crippen LogP contribution in [-0.4, -0.2) is 31.6 Å². The first-order valence-corrected chi connectivity index (χ1v) is 7.96. The molecule has 1 amide bonds. The smallest absolute Gasteiger partial charge is 0.226 e. The van der Waals surface area contributed by atoms with Crippen LogP contribution in [0.1, 0.15) is 32.6 Å². The molecule has 0 spiro atoms. The fourth-order valence-corrected chi connectivity index (χ4v) is 1.72. The summed E-state index contributed by atoms with van der Waals surface area (Å²) >= 11 is 5.58. The van der Waals surface area contributed by atoms with Crippen molar-refractivity contribution in [2.45, 2.75) is 32.6 Å². The number of carbonyl (C=O) groups excluding carboxylic acids is 1. The Balaban J connectivity index is 2.23. The third-order valence-corrected chi connectivity index (χ3v) is 3.07. The molecule has 4 nitrogen and oxygen atoms in total. The molecule has 0 bridgehead atoms. The Labute approximate surface area is 131 Å². The number of carbonyl (C=O) groups is 1. The van der Waals surface area contributed by atoms with E-state index in [-0.39, 0.29) is 5.91 Å². The van der Waals surface area contributed by atoms with Gasteiger partial charge in [0.2, 0.25) is 5.91 Å². The lowest BCUT2D eigenvalue weighted by molar-refractivity contribution is -0.117. The van der Waals surface area contributed by atoms with Crippen molar-refractivity contribution in [1.29, 1.82) is 0 Å². The maximum atomic E-state index is 11.7. The summed E-state index contributed by atoms with van der Waals surface area (Å²) < 4.78 is 10.9. The highest BCUT2D eigenvalue weighted by molar-refractivity contribution is 6.17. The number of benzene rings is 1. The van der Waals surface area contributed by atoms with Crippen LogP contribution in [0.2, 0.25) is 0 Å². The van der Waals surface area contributed by atoms with Crippen LogP contribution in [0.4, 0.5) is 5.69 Å². The van der Waals surface area contributed by atoms with Crippen LogP contribution in [0, 0.1) is 0 Å². The number of nitrogens with one attached hydrogen (secondary N) is 1. The zero-order chi connectivity index (χ0) is 15.3. The molecule has 0 aliphatic heterocycles. The van der Waals surface area contributed by atoms with Crippen LogP contribution in [0.15, 0.2) is 24.3 Å². The Hall–Kier alpha value is -1.26. The highest BCUT2D eigenvalue weighted by Crippen LogP contribution is 2.16. The van der Waals surface area contributed by atoms with Crippen LogP contribution < -0.4 is 10.1 Å². The quantitative estimate of drug-likeness (QED) is 0.499. The lowest BCUT2D eigenvalue weighted by atomic mass is 10.3. The topological polar surface area (TPSA) is 47.6 Å². The van der Waals surface area contributed by atoms with Gasteiger partial charge in [-0.05, 0) is 37.1 Å². The van der Waals surface area contributed by atoms with E-state index in [2.05, 4.69) is 12.2 Å². The Morgan fingerprint density at radius 1 is 1.14 bits per heavy atom. The van der Waals surface area contributed by atoms with Gasteiger partial charge >= 0.3 is 0 Å². The van der Waals surface area contributed by atoms with E-state index >= 15 is 0 Å². The number of halogens is 1. The molecule has 21 heavy (non-hydrogen) atoms. The molecule has 0 saturated heterocycles. The predicted molar refractivity (Wildman–Crippen MR) is 86.2 cm³/mol. The third kappa shape index (κ3) is 8.58. The molecule has 0 aromatic heterocycles. The van der Waals surface area contributed by atoms with Crippen molar-refractivity contribution in [3.8, 4) is 5.75 Å². The largest absolute Gasteiger partial charge is 0.494 e. The molecule has 0 atom stereocenters. The van der Waals surface area contributed by atoms with Crippen LogP contribution in [-0.2, 0) is 9.53 Å². The number of amides is 1. The van der Waals surface area contributed by atoms with E-state index in [1.54, 1.807) is 0 Å². The molecule has 1 rings (SSSR count). The van der Waals surface area contributed by atoms with E-state index < -0.39 is 0 Å². The number of alkyl halides is 1. The first kappa shape index (κ1) is 17.8. The van der Waals surface area contributed by atoms with Crippen LogP contribution in [0.5, 0.6) is 5.75 Å². The maximum absolute atomic E-state index is 11.7. The fourth-order valence-electron chi connectivity index (χ4n) is 1.62. The van der Waals surface area contributed by atoms with Crippen LogP contribution in [0.3, 0.4) is 0 Å². The van der Waals surface area contributed by atoms with E-state index in [1.165, 1.54) is 0 Å². The zero-order valence-corrected chi connectivity index (χ0v) is 13.3. The molecule has 5 heteroatoms. The van der Waals surface area contributed by atoms with E-state index in [4.69, 9.17) is 21.1 Å². The van der Waals surface area contributed by atoms with Gasteiger partial charge in [-0.15, -0.1) is 11.6 Å². The number of rotatable bonds is 11. The second-order valence-corrected chi connectivity index (χ2v) is 5.06. The third-order valence-electron chi connectivity index (χ3n) is 2.80. The zero-order valence-electron chi connectivity index (χ0n) is 12.6. The van der Waals surface area contributed by atoms with Gasteiger partial charge < -0.3 is 14.8 Å². The normalized spacial score (nSPS) is 10.4. The first-order chi connectivity index (χ1) is 10.3. The minimum absolute atomic E-state index is 0.0395. The van der Waals surface area contributed by atoms with Crippen molar-refractivity contribution < 1.29 is 14.3 Å². The molecule has 0 radical (unpaired) electrons. The number of ether oxygens (including phenoxy) is 2. The molecule has 0 aliphatic rings. The molecular weight excluding hydrogens is 290 g/mol. The minimum Gasteiger partial charge on any atom is -0.494 e. The first-order valence-electron chi connectivity index (χ1n) is 7.42. The van der Waals surface area contributed by atoms with Crippen molar-refractivity contribution >= 4 is 23.2 Å². The second-order valence-electron chi connectivity index (χ2n) is 4.68. The molecule has 0 saturated carbocycles. The average Bonchev–Trinajstić information content (AvgIpc) is 2.49. The summed E-state index contributed by atoms with van der Waals surface area (Å²) in [5.74, 6) is 1.33. The molecule has 1 aromatic rings. The predicted octanol–water partition coefficient (Wildman–Crippen LogP) is 3.84. The van der Waals surface area contributed by atoms with Gasteiger partial charge in [0.1, 0.15) is 5.75 Å². The summed E-state index contributed by atoms with van der Waals surface area (Å²) in [5.41, 5.74) is 0.762. The molecule has 118 valence electrons. The molecular formula is C16H24ClNO3. The molecule has 0 aliphatic carbocycles. The summed E-state index contributed by atoms with van der Waals surface area (Å²) in [7, 11) is 0. The van der Waals surface area contributed by atoms with Gasteiger partial charge in [-0.1, -0.05) is 13.3 Å². The van der Waals surface area contributed by atoms with E-state index in [0.29, 0.717) is 25.5 Å². The van der Waals surface area contributed by atoms with Gasteiger partial charge in [0.25, 0.3) is 0 Å². The second kappa shape index (κ2) is 11.4. The number of hydrogen-bond donors (Lipinski definition) is 1. The van der Waals surface area contributed by atoms with Crippen molar-refractivity contribution in [1.82, 2.24) is 0 Å². The monoisotopic (exact) mass is 313 g/mol. The summed E-state index contributed by atoms with van der Waals surface area (Å²) in [4.78, 5) is 11.7. The fraction of sp³-hybridized carbons (Fsp3) is 0.562. The van der Waals surface area contributed by atoms with Crippen molar-refractivity contribution in [2.75, 3.05) is 31.0 Å². The van der Waals surface area contributed by atoms with Gasteiger partial charge in [-0.25, -0.2) is 0 Å².